The number of nitrogens with one attached hydrogen (secondary N) is 1. The number of hydrogen-bond donors (Lipinski definition) is 1. The average Bonchev–Trinajstić information content (AvgIpc) is 2.73. The van der Waals surface area contributed by atoms with Crippen molar-refractivity contribution in [2.75, 3.05) is 20.3 Å². The molecule has 1 heterocycles. The van der Waals surface area contributed by atoms with Crippen molar-refractivity contribution in [3.8, 4) is 22.9 Å². The molecule has 2 aromatic carbocycles. The molecule has 0 atom stereocenters. The minimum absolute atomic E-state index is 0.0236. The lowest BCUT2D eigenvalue weighted by atomic mass is 10.1. The van der Waals surface area contributed by atoms with E-state index in [2.05, 4.69) is 14.9 Å². The van der Waals surface area contributed by atoms with Crippen molar-refractivity contribution in [2.24, 2.45) is 0 Å². The van der Waals surface area contributed by atoms with Gasteiger partial charge in [-0.3, -0.25) is 0 Å². The first kappa shape index (κ1) is 21.3. The molecule has 3 aromatic rings. The monoisotopic (exact) mass is 453 g/mol. The number of benzene rings is 2. The summed E-state index contributed by atoms with van der Waals surface area (Å²) >= 11 is 11.7. The fraction of sp³-hybridized carbons (Fsp3) is 0.158. The van der Waals surface area contributed by atoms with Crippen LogP contribution in [0.25, 0.3) is 11.3 Å². The summed E-state index contributed by atoms with van der Waals surface area (Å²) in [7, 11) is -2.12. The Morgan fingerprint density at radius 2 is 1.72 bits per heavy atom. The van der Waals surface area contributed by atoms with Crippen molar-refractivity contribution in [3.63, 3.8) is 0 Å². The minimum atomic E-state index is -3.72. The molecule has 152 valence electrons. The normalized spacial score (nSPS) is 11.3. The van der Waals surface area contributed by atoms with Gasteiger partial charge in [0.1, 0.15) is 12.4 Å². The van der Waals surface area contributed by atoms with Gasteiger partial charge in [0, 0.05) is 18.2 Å². The van der Waals surface area contributed by atoms with E-state index in [-0.39, 0.29) is 34.0 Å². The number of hydrogen-bond acceptors (Lipinski definition) is 6. The summed E-state index contributed by atoms with van der Waals surface area (Å²) in [4.78, 5) is 0.0236. The Bertz CT molecular complexity index is 1080. The SMILES string of the molecule is COc1ccc(-c2ccc(OCCNS(=O)(=O)c3ccc(Cl)c(Cl)c3)nn2)cc1. The summed E-state index contributed by atoms with van der Waals surface area (Å²) in [5.41, 5.74) is 1.57. The maximum Gasteiger partial charge on any atom is 0.240 e. The van der Waals surface area contributed by atoms with Gasteiger partial charge in [-0.05, 0) is 48.5 Å². The number of nitrogens with zero attached hydrogens (tertiary/aromatic N) is 2. The van der Waals surface area contributed by atoms with Gasteiger partial charge in [0.25, 0.3) is 0 Å². The first-order chi connectivity index (χ1) is 13.9. The second-order valence-electron chi connectivity index (χ2n) is 5.81. The van der Waals surface area contributed by atoms with Crippen molar-refractivity contribution < 1.29 is 17.9 Å². The molecule has 0 bridgehead atoms. The molecule has 0 aliphatic carbocycles. The van der Waals surface area contributed by atoms with Gasteiger partial charge < -0.3 is 9.47 Å². The molecule has 0 aliphatic heterocycles. The van der Waals surface area contributed by atoms with Crippen LogP contribution in [-0.2, 0) is 10.0 Å². The third-order valence-electron chi connectivity index (χ3n) is 3.87. The van der Waals surface area contributed by atoms with Crippen LogP contribution in [0.3, 0.4) is 0 Å². The van der Waals surface area contributed by atoms with Crippen LogP contribution in [0.5, 0.6) is 11.6 Å². The van der Waals surface area contributed by atoms with Gasteiger partial charge in [0.2, 0.25) is 15.9 Å². The Morgan fingerprint density at radius 1 is 0.966 bits per heavy atom. The maximum atomic E-state index is 12.2. The van der Waals surface area contributed by atoms with Crippen LogP contribution in [0.15, 0.2) is 59.5 Å². The molecule has 0 unspecified atom stereocenters. The minimum Gasteiger partial charge on any atom is -0.497 e. The number of sulfonamides is 1. The van der Waals surface area contributed by atoms with E-state index in [0.717, 1.165) is 11.3 Å². The lowest BCUT2D eigenvalue weighted by molar-refractivity contribution is 0.307. The maximum absolute atomic E-state index is 12.2. The molecular formula is C19H17Cl2N3O4S. The van der Waals surface area contributed by atoms with E-state index in [4.69, 9.17) is 32.7 Å². The number of rotatable bonds is 8. The van der Waals surface area contributed by atoms with Gasteiger partial charge in [-0.25, -0.2) is 13.1 Å². The molecule has 29 heavy (non-hydrogen) atoms. The van der Waals surface area contributed by atoms with E-state index in [1.54, 1.807) is 19.2 Å². The third kappa shape index (κ3) is 5.57. The molecular weight excluding hydrogens is 437 g/mol. The van der Waals surface area contributed by atoms with Gasteiger partial charge in [-0.15, -0.1) is 10.2 Å². The summed E-state index contributed by atoms with van der Waals surface area (Å²) < 4.78 is 37.5. The predicted molar refractivity (Wildman–Crippen MR) is 111 cm³/mol. The lowest BCUT2D eigenvalue weighted by Gasteiger charge is -2.09. The summed E-state index contributed by atoms with van der Waals surface area (Å²) in [6, 6.07) is 14.9. The van der Waals surface area contributed by atoms with E-state index < -0.39 is 10.0 Å². The molecule has 3 rings (SSSR count). The summed E-state index contributed by atoms with van der Waals surface area (Å²) in [5, 5.41) is 8.56. The fourth-order valence-corrected chi connectivity index (χ4v) is 3.77. The Kier molecular flexibility index (Phi) is 6.92. The molecule has 0 radical (unpaired) electrons. The van der Waals surface area contributed by atoms with Crippen molar-refractivity contribution >= 4 is 33.2 Å². The fourth-order valence-electron chi connectivity index (χ4n) is 2.37. The van der Waals surface area contributed by atoms with Gasteiger partial charge in [-0.1, -0.05) is 23.2 Å². The smallest absolute Gasteiger partial charge is 0.240 e. The van der Waals surface area contributed by atoms with Gasteiger partial charge in [0.15, 0.2) is 0 Å². The van der Waals surface area contributed by atoms with Crippen LogP contribution >= 0.6 is 23.2 Å². The van der Waals surface area contributed by atoms with Crippen LogP contribution in [0.2, 0.25) is 10.0 Å². The molecule has 0 saturated heterocycles. The van der Waals surface area contributed by atoms with Crippen LogP contribution in [0.4, 0.5) is 0 Å². The molecule has 1 aromatic heterocycles. The van der Waals surface area contributed by atoms with Crippen molar-refractivity contribution in [1.29, 1.82) is 0 Å². The quantitative estimate of drug-likeness (QED) is 0.521. The molecule has 0 saturated carbocycles. The van der Waals surface area contributed by atoms with Crippen LogP contribution in [0.1, 0.15) is 0 Å². The lowest BCUT2D eigenvalue weighted by Crippen LogP contribution is -2.28. The van der Waals surface area contributed by atoms with E-state index in [0.29, 0.717) is 5.69 Å². The topological polar surface area (TPSA) is 90.4 Å². The highest BCUT2D eigenvalue weighted by molar-refractivity contribution is 7.89. The van der Waals surface area contributed by atoms with E-state index in [1.807, 2.05) is 24.3 Å². The zero-order chi connectivity index (χ0) is 20.9. The highest BCUT2D eigenvalue weighted by Gasteiger charge is 2.15. The Labute approximate surface area is 178 Å². The Morgan fingerprint density at radius 3 is 2.34 bits per heavy atom. The number of ether oxygens (including phenoxy) is 2. The molecule has 10 heteroatoms. The van der Waals surface area contributed by atoms with E-state index >= 15 is 0 Å². The Balaban J connectivity index is 1.53. The number of aromatic nitrogens is 2. The van der Waals surface area contributed by atoms with Gasteiger partial charge in [0.05, 0.1) is 27.7 Å². The van der Waals surface area contributed by atoms with E-state index in [9.17, 15) is 8.42 Å². The molecule has 0 aliphatic rings. The summed E-state index contributed by atoms with van der Waals surface area (Å²) in [5.74, 6) is 1.04. The average molecular weight is 454 g/mol. The van der Waals surface area contributed by atoms with Crippen molar-refractivity contribution in [3.05, 3.63) is 64.6 Å². The summed E-state index contributed by atoms with van der Waals surface area (Å²) in [6.07, 6.45) is 0. The third-order valence-corrected chi connectivity index (χ3v) is 6.07. The first-order valence-electron chi connectivity index (χ1n) is 8.45. The van der Waals surface area contributed by atoms with Gasteiger partial charge in [-0.2, -0.15) is 0 Å². The molecule has 0 spiro atoms. The predicted octanol–water partition coefficient (Wildman–Crippen LogP) is 3.82. The number of methoxy groups -OCH3 is 1. The van der Waals surface area contributed by atoms with Crippen molar-refractivity contribution in [2.45, 2.75) is 4.90 Å². The van der Waals surface area contributed by atoms with Crippen LogP contribution in [-0.4, -0.2) is 38.9 Å². The highest BCUT2D eigenvalue weighted by atomic mass is 35.5. The zero-order valence-corrected chi connectivity index (χ0v) is 17.6. The highest BCUT2D eigenvalue weighted by Crippen LogP contribution is 2.24. The van der Waals surface area contributed by atoms with Crippen LogP contribution in [0, 0.1) is 0 Å². The largest absolute Gasteiger partial charge is 0.497 e. The molecule has 0 amide bonds. The van der Waals surface area contributed by atoms with E-state index in [1.165, 1.54) is 18.2 Å². The first-order valence-corrected chi connectivity index (χ1v) is 10.7. The van der Waals surface area contributed by atoms with Crippen LogP contribution < -0.4 is 14.2 Å². The zero-order valence-electron chi connectivity index (χ0n) is 15.3. The second kappa shape index (κ2) is 9.41. The molecule has 1 N–H and O–H groups in total. The second-order valence-corrected chi connectivity index (χ2v) is 8.39. The molecule has 0 fully saturated rings. The van der Waals surface area contributed by atoms with Crippen molar-refractivity contribution in [1.82, 2.24) is 14.9 Å². The Hall–Kier alpha value is -2.39. The standard InChI is InChI=1S/C19H17Cl2N3O4S/c1-27-14-4-2-13(3-5-14)18-8-9-19(24-23-18)28-11-10-22-29(25,26)15-6-7-16(20)17(21)12-15/h2-9,12,22H,10-11H2,1H3. The number of halogens is 2. The van der Waals surface area contributed by atoms with Gasteiger partial charge >= 0.3 is 0 Å². The molecule has 7 nitrogen and oxygen atoms in total. The summed E-state index contributed by atoms with van der Waals surface area (Å²) in [6.45, 7) is 0.127.